The lowest BCUT2D eigenvalue weighted by Crippen LogP contribution is -2.41. The standard InChI is InChI=1S/C14H21NO4/c1-15(6-3-7-19-2)13(16)11-9-4-5-10(8-9)12(11)14(17)18/h4-5,9-12H,3,6-8H2,1-2H3,(H,17,18). The number of aliphatic carboxylic acids is 1. The van der Waals surface area contributed by atoms with Crippen LogP contribution in [0.25, 0.3) is 0 Å². The predicted molar refractivity (Wildman–Crippen MR) is 69.5 cm³/mol. The number of fused-ring (bicyclic) bond motifs is 2. The van der Waals surface area contributed by atoms with E-state index in [1.807, 2.05) is 12.2 Å². The summed E-state index contributed by atoms with van der Waals surface area (Å²) < 4.78 is 4.96. The van der Waals surface area contributed by atoms with Gasteiger partial charge in [0.2, 0.25) is 5.91 Å². The van der Waals surface area contributed by atoms with Crippen molar-refractivity contribution in [1.82, 2.24) is 4.90 Å². The van der Waals surface area contributed by atoms with Gasteiger partial charge < -0.3 is 14.7 Å². The molecule has 5 heteroatoms. The molecular formula is C14H21NO4. The topological polar surface area (TPSA) is 66.8 Å². The molecule has 0 spiro atoms. The van der Waals surface area contributed by atoms with Crippen LogP contribution in [-0.4, -0.2) is 49.2 Å². The molecule has 1 N–H and O–H groups in total. The van der Waals surface area contributed by atoms with E-state index in [-0.39, 0.29) is 23.7 Å². The van der Waals surface area contributed by atoms with Crippen molar-refractivity contribution in [3.8, 4) is 0 Å². The zero-order valence-electron chi connectivity index (χ0n) is 11.4. The van der Waals surface area contributed by atoms with E-state index in [4.69, 9.17) is 4.74 Å². The van der Waals surface area contributed by atoms with Crippen LogP contribution in [-0.2, 0) is 14.3 Å². The number of carboxylic acid groups (broad SMARTS) is 1. The number of methoxy groups -OCH3 is 1. The van der Waals surface area contributed by atoms with Crippen molar-refractivity contribution in [1.29, 1.82) is 0 Å². The van der Waals surface area contributed by atoms with Crippen molar-refractivity contribution < 1.29 is 19.4 Å². The van der Waals surface area contributed by atoms with Crippen molar-refractivity contribution >= 4 is 11.9 Å². The monoisotopic (exact) mass is 267 g/mol. The Morgan fingerprint density at radius 1 is 1.32 bits per heavy atom. The van der Waals surface area contributed by atoms with Gasteiger partial charge in [0.15, 0.2) is 0 Å². The summed E-state index contributed by atoms with van der Waals surface area (Å²) in [4.78, 5) is 25.4. The normalized spacial score (nSPS) is 31.7. The molecule has 1 saturated carbocycles. The number of hydrogen-bond donors (Lipinski definition) is 1. The molecule has 2 rings (SSSR count). The summed E-state index contributed by atoms with van der Waals surface area (Å²) >= 11 is 0. The van der Waals surface area contributed by atoms with E-state index in [1.54, 1.807) is 19.1 Å². The molecule has 0 saturated heterocycles. The predicted octanol–water partition coefficient (Wildman–Crippen LogP) is 1.00. The number of rotatable bonds is 6. The first kappa shape index (κ1) is 14.1. The Labute approximate surface area is 113 Å². The van der Waals surface area contributed by atoms with Crippen LogP contribution in [0, 0.1) is 23.7 Å². The maximum atomic E-state index is 12.4. The highest BCUT2D eigenvalue weighted by molar-refractivity contribution is 5.86. The summed E-state index contributed by atoms with van der Waals surface area (Å²) in [5, 5.41) is 9.33. The average molecular weight is 267 g/mol. The number of carboxylic acids is 1. The highest BCUT2D eigenvalue weighted by Gasteiger charge is 2.52. The SMILES string of the molecule is COCCCN(C)C(=O)C1C2C=CC(C2)C1C(=O)O. The maximum Gasteiger partial charge on any atom is 0.307 e. The first-order valence-electron chi connectivity index (χ1n) is 6.71. The van der Waals surface area contributed by atoms with Crippen LogP contribution in [0.15, 0.2) is 12.2 Å². The fourth-order valence-corrected chi connectivity index (χ4v) is 3.31. The van der Waals surface area contributed by atoms with Gasteiger partial charge in [-0.05, 0) is 24.7 Å². The van der Waals surface area contributed by atoms with Crippen molar-refractivity contribution in [2.24, 2.45) is 23.7 Å². The van der Waals surface area contributed by atoms with Gasteiger partial charge in [0.05, 0.1) is 11.8 Å². The molecule has 0 aromatic heterocycles. The maximum absolute atomic E-state index is 12.4. The molecule has 4 unspecified atom stereocenters. The molecular weight excluding hydrogens is 246 g/mol. The van der Waals surface area contributed by atoms with Crippen LogP contribution >= 0.6 is 0 Å². The molecule has 5 nitrogen and oxygen atoms in total. The van der Waals surface area contributed by atoms with Crippen LogP contribution in [0.2, 0.25) is 0 Å². The highest BCUT2D eigenvalue weighted by atomic mass is 16.5. The summed E-state index contributed by atoms with van der Waals surface area (Å²) in [5.41, 5.74) is 0. The number of carbonyl (C=O) groups excluding carboxylic acids is 1. The first-order valence-corrected chi connectivity index (χ1v) is 6.71. The van der Waals surface area contributed by atoms with E-state index in [2.05, 4.69) is 0 Å². The number of carbonyl (C=O) groups is 2. The average Bonchev–Trinajstić information content (AvgIpc) is 2.97. The molecule has 2 aliphatic carbocycles. The molecule has 0 aromatic rings. The molecule has 0 aromatic carbocycles. The number of allylic oxidation sites excluding steroid dienone is 2. The lowest BCUT2D eigenvalue weighted by molar-refractivity contribution is -0.150. The van der Waals surface area contributed by atoms with Gasteiger partial charge in [0.25, 0.3) is 0 Å². The quantitative estimate of drug-likeness (QED) is 0.576. The molecule has 0 heterocycles. The molecule has 4 atom stereocenters. The second kappa shape index (κ2) is 5.74. The van der Waals surface area contributed by atoms with E-state index in [0.29, 0.717) is 13.2 Å². The largest absolute Gasteiger partial charge is 0.481 e. The Balaban J connectivity index is 2.01. The van der Waals surface area contributed by atoms with Crippen LogP contribution in [0.1, 0.15) is 12.8 Å². The van der Waals surface area contributed by atoms with Gasteiger partial charge in [-0.25, -0.2) is 0 Å². The molecule has 106 valence electrons. The Morgan fingerprint density at radius 2 is 1.95 bits per heavy atom. The van der Waals surface area contributed by atoms with Gasteiger partial charge in [-0.2, -0.15) is 0 Å². The third-order valence-corrected chi connectivity index (χ3v) is 4.25. The van der Waals surface area contributed by atoms with Gasteiger partial charge >= 0.3 is 5.97 Å². The summed E-state index contributed by atoms with van der Waals surface area (Å²) in [6.07, 6.45) is 5.54. The zero-order valence-corrected chi connectivity index (χ0v) is 11.4. The Kier molecular flexibility index (Phi) is 4.24. The van der Waals surface area contributed by atoms with Gasteiger partial charge in [-0.1, -0.05) is 12.2 Å². The van der Waals surface area contributed by atoms with Gasteiger partial charge in [0.1, 0.15) is 0 Å². The minimum atomic E-state index is -0.847. The number of ether oxygens (including phenoxy) is 1. The molecule has 0 radical (unpaired) electrons. The van der Waals surface area contributed by atoms with Crippen molar-refractivity contribution in [3.63, 3.8) is 0 Å². The van der Waals surface area contributed by atoms with Gasteiger partial charge in [-0.3, -0.25) is 9.59 Å². The van der Waals surface area contributed by atoms with E-state index in [0.717, 1.165) is 12.8 Å². The second-order valence-electron chi connectivity index (χ2n) is 5.44. The molecule has 1 amide bonds. The lowest BCUT2D eigenvalue weighted by Gasteiger charge is -2.28. The van der Waals surface area contributed by atoms with Crippen molar-refractivity contribution in [2.75, 3.05) is 27.3 Å². The third kappa shape index (κ3) is 2.66. The third-order valence-electron chi connectivity index (χ3n) is 4.25. The first-order chi connectivity index (χ1) is 9.06. The summed E-state index contributed by atoms with van der Waals surface area (Å²) in [7, 11) is 3.37. The van der Waals surface area contributed by atoms with E-state index in [9.17, 15) is 14.7 Å². The minimum absolute atomic E-state index is 0.0313. The molecule has 1 fully saturated rings. The molecule has 2 bridgehead atoms. The zero-order chi connectivity index (χ0) is 14.0. The summed E-state index contributed by atoms with van der Waals surface area (Å²) in [6, 6.07) is 0. The van der Waals surface area contributed by atoms with Crippen LogP contribution < -0.4 is 0 Å². The highest BCUT2D eigenvalue weighted by Crippen LogP contribution is 2.48. The van der Waals surface area contributed by atoms with Gasteiger partial charge in [-0.15, -0.1) is 0 Å². The minimum Gasteiger partial charge on any atom is -0.481 e. The van der Waals surface area contributed by atoms with Crippen LogP contribution in [0.4, 0.5) is 0 Å². The Bertz CT molecular complexity index is 393. The molecule has 0 aliphatic heterocycles. The smallest absolute Gasteiger partial charge is 0.307 e. The molecule has 19 heavy (non-hydrogen) atoms. The van der Waals surface area contributed by atoms with E-state index in [1.165, 1.54) is 0 Å². The number of hydrogen-bond acceptors (Lipinski definition) is 3. The van der Waals surface area contributed by atoms with Crippen molar-refractivity contribution in [2.45, 2.75) is 12.8 Å². The van der Waals surface area contributed by atoms with Crippen molar-refractivity contribution in [3.05, 3.63) is 12.2 Å². The summed E-state index contributed by atoms with van der Waals surface area (Å²) in [5.74, 6) is -1.69. The van der Waals surface area contributed by atoms with Gasteiger partial charge in [0, 0.05) is 27.3 Å². The van der Waals surface area contributed by atoms with Crippen LogP contribution in [0.3, 0.4) is 0 Å². The summed E-state index contributed by atoms with van der Waals surface area (Å²) in [6.45, 7) is 1.22. The van der Waals surface area contributed by atoms with Crippen LogP contribution in [0.5, 0.6) is 0 Å². The lowest BCUT2D eigenvalue weighted by atomic mass is 9.82. The Hall–Kier alpha value is -1.36. The van der Waals surface area contributed by atoms with E-state index < -0.39 is 11.9 Å². The Morgan fingerprint density at radius 3 is 2.53 bits per heavy atom. The number of nitrogens with zero attached hydrogens (tertiary/aromatic N) is 1. The fourth-order valence-electron chi connectivity index (χ4n) is 3.31. The second-order valence-corrected chi connectivity index (χ2v) is 5.44. The fraction of sp³-hybridized carbons (Fsp3) is 0.714. The molecule has 2 aliphatic rings. The van der Waals surface area contributed by atoms with E-state index >= 15 is 0 Å². The number of amides is 1.